The number of amides is 5. The number of hydrogen-bond donors (Lipinski definition) is 3. The van der Waals surface area contributed by atoms with Crippen molar-refractivity contribution in [3.8, 4) is 5.75 Å². The van der Waals surface area contributed by atoms with Crippen LogP contribution in [0.25, 0.3) is 0 Å². The summed E-state index contributed by atoms with van der Waals surface area (Å²) in [6.45, 7) is 10.3. The van der Waals surface area contributed by atoms with E-state index in [-0.39, 0.29) is 42.1 Å². The lowest BCUT2D eigenvalue weighted by Crippen LogP contribution is -2.49. The highest BCUT2D eigenvalue weighted by molar-refractivity contribution is 6.01. The van der Waals surface area contributed by atoms with Crippen molar-refractivity contribution in [2.45, 2.75) is 52.8 Å². The van der Waals surface area contributed by atoms with Gasteiger partial charge in [-0.3, -0.25) is 4.79 Å². The molecule has 0 fully saturated rings. The number of rotatable bonds is 5. The van der Waals surface area contributed by atoms with Crippen LogP contribution in [0, 0.1) is 5.92 Å². The molecule has 1 aliphatic rings. The summed E-state index contributed by atoms with van der Waals surface area (Å²) < 4.78 is 6.32. The molecule has 0 saturated carbocycles. The third-order valence-corrected chi connectivity index (χ3v) is 4.94. The molecule has 5 amide bonds. The molecule has 0 unspecified atom stereocenters. The van der Waals surface area contributed by atoms with E-state index in [0.717, 1.165) is 0 Å². The van der Waals surface area contributed by atoms with Crippen LogP contribution in [0.2, 0.25) is 0 Å². The lowest BCUT2D eigenvalue weighted by Gasteiger charge is -2.35. The molecule has 9 nitrogen and oxygen atoms in total. The third kappa shape index (κ3) is 6.50. The van der Waals surface area contributed by atoms with Crippen molar-refractivity contribution in [2.24, 2.45) is 5.92 Å². The monoisotopic (exact) mass is 433 g/mol. The fourth-order valence-electron chi connectivity index (χ4n) is 3.38. The topological polar surface area (TPSA) is 103 Å². The van der Waals surface area contributed by atoms with Crippen LogP contribution >= 0.6 is 0 Å². The lowest BCUT2D eigenvalue weighted by atomic mass is 10.0. The second kappa shape index (κ2) is 10.4. The molecular formula is C22H35N5O4. The molecule has 1 aromatic rings. The van der Waals surface area contributed by atoms with Gasteiger partial charge in [-0.15, -0.1) is 0 Å². The van der Waals surface area contributed by atoms with Gasteiger partial charge in [0.2, 0.25) is 0 Å². The Morgan fingerprint density at radius 3 is 2.45 bits per heavy atom. The van der Waals surface area contributed by atoms with Gasteiger partial charge in [0.15, 0.2) is 5.75 Å². The number of likely N-dealkylation sites (N-methyl/N-ethyl adjacent to an activating group) is 1. The van der Waals surface area contributed by atoms with E-state index in [2.05, 4.69) is 16.0 Å². The molecule has 1 aromatic carbocycles. The van der Waals surface area contributed by atoms with Gasteiger partial charge in [0.05, 0.1) is 17.8 Å². The van der Waals surface area contributed by atoms with Crippen LogP contribution in [0.15, 0.2) is 18.2 Å². The Morgan fingerprint density at radius 1 is 1.19 bits per heavy atom. The van der Waals surface area contributed by atoms with Crippen LogP contribution in [0.4, 0.5) is 15.3 Å². The molecule has 0 saturated heterocycles. The van der Waals surface area contributed by atoms with Gasteiger partial charge >= 0.3 is 12.1 Å². The standard InChI is InChI=1S/C22H35N5O4/c1-13(2)23-21(29)25-17-10-8-9-16-19(17)31-18(15(5)11-26(6)20(16)28)12-27(7)22(30)24-14(3)4/h8-10,13-15,18H,11-12H2,1-7H3,(H,24,30)(H2,23,25,29)/t15-,18+/m0/s1. The summed E-state index contributed by atoms with van der Waals surface area (Å²) in [6.07, 6.45) is -0.381. The minimum Gasteiger partial charge on any atom is -0.485 e. The molecule has 3 N–H and O–H groups in total. The minimum absolute atomic E-state index is 0.0189. The highest BCUT2D eigenvalue weighted by Crippen LogP contribution is 2.34. The first kappa shape index (κ1) is 24.3. The summed E-state index contributed by atoms with van der Waals surface area (Å²) in [6, 6.07) is 4.49. The predicted molar refractivity (Wildman–Crippen MR) is 121 cm³/mol. The summed E-state index contributed by atoms with van der Waals surface area (Å²) in [5.74, 6) is 0.0838. The number of para-hydroxylation sites is 1. The summed E-state index contributed by atoms with van der Waals surface area (Å²) >= 11 is 0. The SMILES string of the molecule is CC(C)NC(=O)Nc1cccc2c1O[C@H](CN(C)C(=O)NC(C)C)[C@@H](C)CN(C)C2=O. The van der Waals surface area contributed by atoms with Gasteiger partial charge < -0.3 is 30.5 Å². The van der Waals surface area contributed by atoms with Crippen LogP contribution in [-0.2, 0) is 0 Å². The Balaban J connectivity index is 2.36. The number of anilines is 1. The normalized spacial score (nSPS) is 18.6. The zero-order valence-corrected chi connectivity index (χ0v) is 19.5. The highest BCUT2D eigenvalue weighted by Gasteiger charge is 2.32. The highest BCUT2D eigenvalue weighted by atomic mass is 16.5. The maximum absolute atomic E-state index is 13.0. The molecule has 0 spiro atoms. The average Bonchev–Trinajstić information content (AvgIpc) is 2.65. The fraction of sp³-hybridized carbons (Fsp3) is 0.591. The van der Waals surface area contributed by atoms with E-state index >= 15 is 0 Å². The Kier molecular flexibility index (Phi) is 8.13. The van der Waals surface area contributed by atoms with Crippen molar-refractivity contribution < 1.29 is 19.1 Å². The smallest absolute Gasteiger partial charge is 0.319 e. The number of urea groups is 2. The van der Waals surface area contributed by atoms with Crippen LogP contribution in [-0.4, -0.2) is 73.1 Å². The van der Waals surface area contributed by atoms with E-state index in [0.29, 0.717) is 30.1 Å². The van der Waals surface area contributed by atoms with E-state index in [1.807, 2.05) is 34.6 Å². The summed E-state index contributed by atoms with van der Waals surface area (Å²) in [5.41, 5.74) is 0.779. The Morgan fingerprint density at radius 2 is 1.84 bits per heavy atom. The summed E-state index contributed by atoms with van der Waals surface area (Å²) in [5, 5.41) is 8.42. The second-order valence-electron chi connectivity index (χ2n) is 8.74. The zero-order chi connectivity index (χ0) is 23.3. The molecule has 0 aliphatic carbocycles. The average molecular weight is 434 g/mol. The van der Waals surface area contributed by atoms with Crippen molar-refractivity contribution in [2.75, 3.05) is 32.5 Å². The molecular weight excluding hydrogens is 398 g/mol. The van der Waals surface area contributed by atoms with Gasteiger partial charge in [0.1, 0.15) is 6.10 Å². The number of benzene rings is 1. The number of carbonyl (C=O) groups excluding carboxylic acids is 3. The Labute approximate surface area is 184 Å². The predicted octanol–water partition coefficient (Wildman–Crippen LogP) is 2.74. The largest absolute Gasteiger partial charge is 0.485 e. The van der Waals surface area contributed by atoms with E-state index in [9.17, 15) is 14.4 Å². The molecule has 0 radical (unpaired) electrons. The Bertz CT molecular complexity index is 811. The number of nitrogens with zero attached hydrogens (tertiary/aromatic N) is 2. The maximum Gasteiger partial charge on any atom is 0.319 e. The van der Waals surface area contributed by atoms with Crippen LogP contribution in [0.5, 0.6) is 5.75 Å². The molecule has 1 heterocycles. The molecule has 0 bridgehead atoms. The van der Waals surface area contributed by atoms with E-state index in [1.165, 1.54) is 0 Å². The van der Waals surface area contributed by atoms with Gasteiger partial charge in [-0.2, -0.15) is 0 Å². The van der Waals surface area contributed by atoms with Gasteiger partial charge in [0, 0.05) is 38.6 Å². The van der Waals surface area contributed by atoms with Crippen molar-refractivity contribution in [3.05, 3.63) is 23.8 Å². The summed E-state index contributed by atoms with van der Waals surface area (Å²) in [7, 11) is 3.45. The number of ether oxygens (including phenoxy) is 1. The van der Waals surface area contributed by atoms with Crippen molar-refractivity contribution >= 4 is 23.7 Å². The molecule has 0 aromatic heterocycles. The zero-order valence-electron chi connectivity index (χ0n) is 19.5. The molecule has 2 rings (SSSR count). The maximum atomic E-state index is 13.0. The van der Waals surface area contributed by atoms with Crippen molar-refractivity contribution in [3.63, 3.8) is 0 Å². The van der Waals surface area contributed by atoms with E-state index in [4.69, 9.17) is 4.74 Å². The van der Waals surface area contributed by atoms with Gasteiger partial charge in [-0.05, 0) is 39.8 Å². The van der Waals surface area contributed by atoms with Gasteiger partial charge in [-0.25, -0.2) is 9.59 Å². The number of nitrogens with one attached hydrogen (secondary N) is 3. The lowest BCUT2D eigenvalue weighted by molar-refractivity contribution is 0.0579. The number of fused-ring (bicyclic) bond motifs is 1. The molecule has 1 aliphatic heterocycles. The first-order valence-corrected chi connectivity index (χ1v) is 10.6. The third-order valence-electron chi connectivity index (χ3n) is 4.94. The van der Waals surface area contributed by atoms with Crippen LogP contribution < -0.4 is 20.7 Å². The first-order valence-electron chi connectivity index (χ1n) is 10.6. The molecule has 31 heavy (non-hydrogen) atoms. The van der Waals surface area contributed by atoms with E-state index in [1.54, 1.807) is 42.1 Å². The fourth-order valence-corrected chi connectivity index (χ4v) is 3.38. The molecule has 2 atom stereocenters. The van der Waals surface area contributed by atoms with Crippen LogP contribution in [0.3, 0.4) is 0 Å². The number of carbonyl (C=O) groups is 3. The molecule has 172 valence electrons. The first-order chi connectivity index (χ1) is 14.5. The van der Waals surface area contributed by atoms with Gasteiger partial charge in [0.25, 0.3) is 5.91 Å². The quantitative estimate of drug-likeness (QED) is 0.664. The van der Waals surface area contributed by atoms with Crippen LogP contribution in [0.1, 0.15) is 45.0 Å². The Hall–Kier alpha value is -2.97. The summed E-state index contributed by atoms with van der Waals surface area (Å²) in [4.78, 5) is 40.9. The van der Waals surface area contributed by atoms with Crippen molar-refractivity contribution in [1.82, 2.24) is 20.4 Å². The van der Waals surface area contributed by atoms with E-state index < -0.39 is 0 Å². The minimum atomic E-state index is -0.382. The second-order valence-corrected chi connectivity index (χ2v) is 8.74. The van der Waals surface area contributed by atoms with Gasteiger partial charge in [-0.1, -0.05) is 13.0 Å². The van der Waals surface area contributed by atoms with Crippen molar-refractivity contribution in [1.29, 1.82) is 0 Å². The molecule has 9 heteroatoms. The number of hydrogen-bond acceptors (Lipinski definition) is 4.